The van der Waals surface area contributed by atoms with Crippen LogP contribution in [0.1, 0.15) is 26.2 Å². The lowest BCUT2D eigenvalue weighted by atomic mass is 10.0. The molecule has 0 aliphatic carbocycles. The second kappa shape index (κ2) is 7.55. The quantitative estimate of drug-likeness (QED) is 0.760. The molecule has 1 unspecified atom stereocenters. The Labute approximate surface area is 92.6 Å². The van der Waals surface area contributed by atoms with E-state index in [-0.39, 0.29) is 0 Å². The highest BCUT2D eigenvalue weighted by atomic mass is 32.2. The molecule has 3 heteroatoms. The van der Waals surface area contributed by atoms with Gasteiger partial charge >= 0.3 is 0 Å². The molecule has 0 saturated carbocycles. The number of thioether (sulfide) groups is 1. The van der Waals surface area contributed by atoms with E-state index in [4.69, 9.17) is 5.73 Å². The van der Waals surface area contributed by atoms with E-state index in [0.717, 1.165) is 12.5 Å². The van der Waals surface area contributed by atoms with E-state index >= 15 is 0 Å². The van der Waals surface area contributed by atoms with Crippen LogP contribution in [0.3, 0.4) is 0 Å². The van der Waals surface area contributed by atoms with E-state index in [2.05, 4.69) is 23.6 Å². The monoisotopic (exact) mass is 216 g/mol. The zero-order valence-corrected chi connectivity index (χ0v) is 10.2. The molecule has 0 radical (unpaired) electrons. The summed E-state index contributed by atoms with van der Waals surface area (Å²) in [5, 5.41) is 0. The van der Waals surface area contributed by atoms with Crippen LogP contribution in [0, 0.1) is 5.92 Å². The number of nitrogens with two attached hydrogens (primary N) is 1. The minimum Gasteiger partial charge on any atom is -0.330 e. The van der Waals surface area contributed by atoms with Crippen molar-refractivity contribution in [1.82, 2.24) is 4.90 Å². The molecule has 84 valence electrons. The summed E-state index contributed by atoms with van der Waals surface area (Å²) in [6.07, 6.45) is 3.92. The third kappa shape index (κ3) is 4.67. The van der Waals surface area contributed by atoms with Crippen molar-refractivity contribution >= 4 is 11.8 Å². The Hall–Kier alpha value is 0.270. The summed E-state index contributed by atoms with van der Waals surface area (Å²) < 4.78 is 0. The predicted molar refractivity (Wildman–Crippen MR) is 65.8 cm³/mol. The molecule has 1 rings (SSSR count). The Morgan fingerprint density at radius 2 is 2.21 bits per heavy atom. The van der Waals surface area contributed by atoms with Crippen LogP contribution in [0.5, 0.6) is 0 Å². The topological polar surface area (TPSA) is 29.3 Å². The van der Waals surface area contributed by atoms with Gasteiger partial charge in [-0.15, -0.1) is 0 Å². The van der Waals surface area contributed by atoms with Crippen molar-refractivity contribution in [3.63, 3.8) is 0 Å². The fourth-order valence-corrected chi connectivity index (χ4v) is 2.96. The summed E-state index contributed by atoms with van der Waals surface area (Å²) in [7, 11) is 0. The molecule has 14 heavy (non-hydrogen) atoms. The maximum Gasteiger partial charge on any atom is 0.00725 e. The first-order chi connectivity index (χ1) is 6.86. The molecule has 0 bridgehead atoms. The van der Waals surface area contributed by atoms with E-state index < -0.39 is 0 Å². The molecular weight excluding hydrogens is 192 g/mol. The fraction of sp³-hybridized carbons (Fsp3) is 1.00. The second-order valence-electron chi connectivity index (χ2n) is 4.16. The molecule has 1 heterocycles. The van der Waals surface area contributed by atoms with Gasteiger partial charge in [0.25, 0.3) is 0 Å². The van der Waals surface area contributed by atoms with Crippen molar-refractivity contribution in [3.05, 3.63) is 0 Å². The molecule has 1 saturated heterocycles. The highest BCUT2D eigenvalue weighted by Crippen LogP contribution is 2.13. The highest BCUT2D eigenvalue weighted by Gasteiger charge is 2.13. The molecule has 1 aliphatic heterocycles. The maximum absolute atomic E-state index is 5.78. The lowest BCUT2D eigenvalue weighted by Crippen LogP contribution is -2.34. The van der Waals surface area contributed by atoms with Crippen LogP contribution in [0.15, 0.2) is 0 Å². The summed E-state index contributed by atoms with van der Waals surface area (Å²) in [5.41, 5.74) is 5.78. The van der Waals surface area contributed by atoms with Gasteiger partial charge in [0, 0.05) is 18.8 Å². The Morgan fingerprint density at radius 1 is 1.36 bits per heavy atom. The van der Waals surface area contributed by atoms with E-state index in [9.17, 15) is 0 Å². The van der Waals surface area contributed by atoms with Crippen molar-refractivity contribution in [2.75, 3.05) is 37.7 Å². The molecule has 0 aromatic rings. The first kappa shape index (κ1) is 12.3. The van der Waals surface area contributed by atoms with Gasteiger partial charge in [0.15, 0.2) is 0 Å². The zero-order valence-electron chi connectivity index (χ0n) is 9.37. The molecule has 2 N–H and O–H groups in total. The SMILES string of the molecule is CCCC(CN)CN1CCCSCC1. The lowest BCUT2D eigenvalue weighted by Gasteiger charge is -2.24. The first-order valence-electron chi connectivity index (χ1n) is 5.87. The van der Waals surface area contributed by atoms with Crippen LogP contribution in [-0.2, 0) is 0 Å². The van der Waals surface area contributed by atoms with Gasteiger partial charge < -0.3 is 10.6 Å². The van der Waals surface area contributed by atoms with Gasteiger partial charge in [-0.1, -0.05) is 13.3 Å². The number of hydrogen-bond acceptors (Lipinski definition) is 3. The van der Waals surface area contributed by atoms with Crippen molar-refractivity contribution in [2.45, 2.75) is 26.2 Å². The summed E-state index contributed by atoms with van der Waals surface area (Å²) in [6, 6.07) is 0. The minimum atomic E-state index is 0.725. The van der Waals surface area contributed by atoms with Crippen LogP contribution in [-0.4, -0.2) is 42.6 Å². The average Bonchev–Trinajstić information content (AvgIpc) is 2.45. The minimum absolute atomic E-state index is 0.725. The zero-order chi connectivity index (χ0) is 10.2. The second-order valence-corrected chi connectivity index (χ2v) is 5.38. The summed E-state index contributed by atoms with van der Waals surface area (Å²) in [4.78, 5) is 2.60. The van der Waals surface area contributed by atoms with E-state index in [1.165, 1.54) is 50.4 Å². The van der Waals surface area contributed by atoms with Gasteiger partial charge in [-0.2, -0.15) is 11.8 Å². The normalized spacial score (nSPS) is 21.9. The molecule has 0 aromatic heterocycles. The number of nitrogens with zero attached hydrogens (tertiary/aromatic N) is 1. The highest BCUT2D eigenvalue weighted by molar-refractivity contribution is 7.99. The largest absolute Gasteiger partial charge is 0.330 e. The molecule has 1 aliphatic rings. The smallest absolute Gasteiger partial charge is 0.00725 e. The van der Waals surface area contributed by atoms with Gasteiger partial charge in [0.1, 0.15) is 0 Å². The van der Waals surface area contributed by atoms with E-state index in [1.54, 1.807) is 0 Å². The molecule has 0 spiro atoms. The standard InChI is InChI=1S/C11H24N2S/c1-2-4-11(9-12)10-13-5-3-7-14-8-6-13/h11H,2-10,12H2,1H3. The van der Waals surface area contributed by atoms with Gasteiger partial charge in [0.05, 0.1) is 0 Å². The molecule has 0 amide bonds. The predicted octanol–water partition coefficient (Wildman–Crippen LogP) is 1.80. The fourth-order valence-electron chi connectivity index (χ4n) is 2.04. The molecule has 1 atom stereocenters. The maximum atomic E-state index is 5.78. The van der Waals surface area contributed by atoms with E-state index in [1.807, 2.05) is 0 Å². The van der Waals surface area contributed by atoms with Crippen molar-refractivity contribution in [1.29, 1.82) is 0 Å². The van der Waals surface area contributed by atoms with Gasteiger partial charge in [0.2, 0.25) is 0 Å². The van der Waals surface area contributed by atoms with Gasteiger partial charge in [-0.05, 0) is 37.6 Å². The van der Waals surface area contributed by atoms with Crippen LogP contribution in [0.2, 0.25) is 0 Å². The summed E-state index contributed by atoms with van der Waals surface area (Å²) in [6.45, 7) is 6.89. The number of rotatable bonds is 5. The molecule has 2 nitrogen and oxygen atoms in total. The Kier molecular flexibility index (Phi) is 6.65. The van der Waals surface area contributed by atoms with Crippen molar-refractivity contribution in [2.24, 2.45) is 11.7 Å². The van der Waals surface area contributed by atoms with Crippen molar-refractivity contribution < 1.29 is 0 Å². The Bertz CT molecular complexity index is 133. The van der Waals surface area contributed by atoms with E-state index in [0.29, 0.717) is 0 Å². The summed E-state index contributed by atoms with van der Waals surface area (Å²) >= 11 is 2.09. The van der Waals surface area contributed by atoms with Crippen LogP contribution in [0.25, 0.3) is 0 Å². The third-order valence-corrected chi connectivity index (χ3v) is 3.91. The molecule has 1 fully saturated rings. The van der Waals surface area contributed by atoms with Crippen molar-refractivity contribution in [3.8, 4) is 0 Å². The van der Waals surface area contributed by atoms with Crippen LogP contribution < -0.4 is 5.73 Å². The third-order valence-electron chi connectivity index (χ3n) is 2.86. The van der Waals surface area contributed by atoms with Gasteiger partial charge in [-0.25, -0.2) is 0 Å². The molecule has 0 aromatic carbocycles. The lowest BCUT2D eigenvalue weighted by molar-refractivity contribution is 0.241. The number of hydrogen-bond donors (Lipinski definition) is 1. The van der Waals surface area contributed by atoms with Crippen LogP contribution in [0.4, 0.5) is 0 Å². The van der Waals surface area contributed by atoms with Gasteiger partial charge in [-0.3, -0.25) is 0 Å². The Balaban J connectivity index is 2.24. The van der Waals surface area contributed by atoms with Crippen LogP contribution >= 0.6 is 11.8 Å². The molecular formula is C11H24N2S. The average molecular weight is 216 g/mol. The Morgan fingerprint density at radius 3 is 2.93 bits per heavy atom. The summed E-state index contributed by atoms with van der Waals surface area (Å²) in [5.74, 6) is 3.38. The first-order valence-corrected chi connectivity index (χ1v) is 7.02.